The molecule has 0 aliphatic carbocycles. The monoisotopic (exact) mass is 408 g/mol. The molecule has 0 radical (unpaired) electrons. The zero-order valence-corrected chi connectivity index (χ0v) is 17.8. The molecule has 6 heteroatoms. The molecule has 1 aliphatic heterocycles. The van der Waals surface area contributed by atoms with Crippen LogP contribution in [0.5, 0.6) is 0 Å². The van der Waals surface area contributed by atoms with Crippen LogP contribution in [0, 0.1) is 19.8 Å². The zero-order chi connectivity index (χ0) is 20.5. The lowest BCUT2D eigenvalue weighted by Gasteiger charge is -2.31. The molecule has 1 N–H and O–H groups in total. The maximum atomic E-state index is 13.4. The molecule has 1 aromatic carbocycles. The van der Waals surface area contributed by atoms with E-state index < -0.39 is 0 Å². The third-order valence-electron chi connectivity index (χ3n) is 5.50. The zero-order valence-electron chi connectivity index (χ0n) is 17.0. The molecule has 3 heterocycles. The van der Waals surface area contributed by atoms with Crippen LogP contribution in [0.3, 0.4) is 0 Å². The van der Waals surface area contributed by atoms with E-state index >= 15 is 0 Å². The number of anilines is 2. The van der Waals surface area contributed by atoms with Gasteiger partial charge in [0.2, 0.25) is 0 Å². The van der Waals surface area contributed by atoms with Crippen molar-refractivity contribution < 1.29 is 4.79 Å². The van der Waals surface area contributed by atoms with Crippen molar-refractivity contribution in [1.29, 1.82) is 0 Å². The van der Waals surface area contributed by atoms with E-state index in [2.05, 4.69) is 22.2 Å². The third kappa shape index (κ3) is 4.06. The first-order chi connectivity index (χ1) is 13.9. The van der Waals surface area contributed by atoms with E-state index in [1.165, 1.54) is 0 Å². The number of aryl methyl sites for hydroxylation is 2. The molecule has 1 aliphatic rings. The first-order valence-electron chi connectivity index (χ1n) is 10.0. The minimum Gasteiger partial charge on any atom is -0.354 e. The van der Waals surface area contributed by atoms with Crippen LogP contribution in [0.2, 0.25) is 5.02 Å². The van der Waals surface area contributed by atoms with Gasteiger partial charge >= 0.3 is 0 Å². The molecule has 1 fully saturated rings. The van der Waals surface area contributed by atoms with Gasteiger partial charge in [0.05, 0.1) is 11.3 Å². The number of hydrogen-bond acceptors (Lipinski definition) is 4. The maximum Gasteiger partial charge on any atom is 0.257 e. The van der Waals surface area contributed by atoms with E-state index in [1.54, 1.807) is 6.20 Å². The van der Waals surface area contributed by atoms with Crippen LogP contribution in [-0.4, -0.2) is 33.9 Å². The summed E-state index contributed by atoms with van der Waals surface area (Å²) in [5.41, 5.74) is 4.72. The fourth-order valence-electron chi connectivity index (χ4n) is 3.88. The van der Waals surface area contributed by atoms with Crippen molar-refractivity contribution in [3.8, 4) is 0 Å². The van der Waals surface area contributed by atoms with Crippen molar-refractivity contribution >= 4 is 39.9 Å². The summed E-state index contributed by atoms with van der Waals surface area (Å²) < 4.78 is 0. The highest BCUT2D eigenvalue weighted by molar-refractivity contribution is 6.31. The topological polar surface area (TPSA) is 58.1 Å². The van der Waals surface area contributed by atoms with Crippen molar-refractivity contribution in [2.24, 2.45) is 5.92 Å². The van der Waals surface area contributed by atoms with Crippen molar-refractivity contribution in [3.05, 3.63) is 58.4 Å². The van der Waals surface area contributed by atoms with Crippen molar-refractivity contribution in [3.63, 3.8) is 0 Å². The van der Waals surface area contributed by atoms with Crippen molar-refractivity contribution in [1.82, 2.24) is 14.9 Å². The molecule has 29 heavy (non-hydrogen) atoms. The predicted octanol–water partition coefficient (Wildman–Crippen LogP) is 5.52. The second-order valence-corrected chi connectivity index (χ2v) is 8.39. The molecular formula is C23H25ClN4O. The van der Waals surface area contributed by atoms with Crippen LogP contribution in [0.4, 0.5) is 11.4 Å². The smallest absolute Gasteiger partial charge is 0.257 e. The molecule has 150 valence electrons. The molecule has 0 spiro atoms. The van der Waals surface area contributed by atoms with Crippen molar-refractivity contribution in [2.45, 2.75) is 33.6 Å². The van der Waals surface area contributed by atoms with Gasteiger partial charge in [0, 0.05) is 41.1 Å². The van der Waals surface area contributed by atoms with Crippen LogP contribution in [-0.2, 0) is 0 Å². The summed E-state index contributed by atoms with van der Waals surface area (Å²) >= 11 is 6.22. The fourth-order valence-corrected chi connectivity index (χ4v) is 4.05. The number of carbonyl (C=O) groups is 1. The van der Waals surface area contributed by atoms with Crippen LogP contribution in [0.25, 0.3) is 11.0 Å². The molecule has 1 saturated heterocycles. The molecule has 1 unspecified atom stereocenters. The number of nitrogens with zero attached hydrogens (tertiary/aromatic N) is 3. The molecule has 1 atom stereocenters. The normalized spacial score (nSPS) is 16.8. The van der Waals surface area contributed by atoms with Gasteiger partial charge in [0.25, 0.3) is 5.91 Å². The van der Waals surface area contributed by atoms with E-state index in [4.69, 9.17) is 11.6 Å². The lowest BCUT2D eigenvalue weighted by Crippen LogP contribution is -2.39. The number of benzene rings is 1. The van der Waals surface area contributed by atoms with Gasteiger partial charge in [-0.25, -0.2) is 9.97 Å². The van der Waals surface area contributed by atoms with Crippen LogP contribution in [0.1, 0.15) is 41.4 Å². The average molecular weight is 409 g/mol. The summed E-state index contributed by atoms with van der Waals surface area (Å²) in [6, 6.07) is 9.62. The first kappa shape index (κ1) is 19.6. The minimum absolute atomic E-state index is 0.00806. The Morgan fingerprint density at radius 1 is 1.24 bits per heavy atom. The molecule has 4 rings (SSSR count). The van der Waals surface area contributed by atoms with Gasteiger partial charge in [0.1, 0.15) is 0 Å². The maximum absolute atomic E-state index is 13.4. The highest BCUT2D eigenvalue weighted by Gasteiger charge is 2.25. The lowest BCUT2D eigenvalue weighted by atomic mass is 9.99. The van der Waals surface area contributed by atoms with Gasteiger partial charge in [-0.15, -0.1) is 0 Å². The number of fused-ring (bicyclic) bond motifs is 1. The van der Waals surface area contributed by atoms with Crippen LogP contribution < -0.4 is 5.32 Å². The van der Waals surface area contributed by atoms with E-state index in [0.29, 0.717) is 22.2 Å². The first-order valence-corrected chi connectivity index (χ1v) is 10.4. The van der Waals surface area contributed by atoms with Crippen molar-refractivity contribution in [2.75, 3.05) is 18.4 Å². The number of pyridine rings is 2. The van der Waals surface area contributed by atoms with Crippen LogP contribution in [0.15, 0.2) is 36.5 Å². The number of carbonyl (C=O) groups excluding carboxylic acids is 1. The number of piperidine rings is 1. The average Bonchev–Trinajstić information content (AvgIpc) is 2.70. The summed E-state index contributed by atoms with van der Waals surface area (Å²) in [4.78, 5) is 24.4. The number of nitrogens with one attached hydrogen (secondary N) is 1. The van der Waals surface area contributed by atoms with Gasteiger partial charge in [-0.05, 0) is 62.4 Å². The Balaban J connectivity index is 1.83. The summed E-state index contributed by atoms with van der Waals surface area (Å²) in [7, 11) is 0. The summed E-state index contributed by atoms with van der Waals surface area (Å²) in [6.07, 6.45) is 3.85. The molecule has 0 bridgehead atoms. The van der Waals surface area contributed by atoms with Gasteiger partial charge in [-0.1, -0.05) is 24.6 Å². The standard InChI is InChI=1S/C23H25ClN4O/c1-14-5-4-10-28(13-14)23(29)19-12-25-22-18(9-7-16(3)26-22)21(19)27-20-11-17(24)8-6-15(20)2/h6-9,11-12,14H,4-5,10,13H2,1-3H3,(H,25,26,27). The molecule has 1 amide bonds. The summed E-state index contributed by atoms with van der Waals surface area (Å²) in [5, 5.41) is 4.93. The van der Waals surface area contributed by atoms with Gasteiger partial charge in [-0.3, -0.25) is 4.79 Å². The quantitative estimate of drug-likeness (QED) is 0.620. The number of likely N-dealkylation sites (tertiary alicyclic amines) is 1. The molecule has 3 aromatic rings. The highest BCUT2D eigenvalue weighted by Crippen LogP contribution is 2.32. The largest absolute Gasteiger partial charge is 0.354 e. The number of amides is 1. The number of hydrogen-bond donors (Lipinski definition) is 1. The van der Waals surface area contributed by atoms with E-state index in [9.17, 15) is 4.79 Å². The van der Waals surface area contributed by atoms with Gasteiger partial charge in [0.15, 0.2) is 5.65 Å². The Morgan fingerprint density at radius 2 is 2.07 bits per heavy atom. The third-order valence-corrected chi connectivity index (χ3v) is 5.74. The minimum atomic E-state index is 0.00806. The summed E-state index contributed by atoms with van der Waals surface area (Å²) in [6.45, 7) is 7.70. The van der Waals surface area contributed by atoms with Crippen LogP contribution >= 0.6 is 11.6 Å². The highest BCUT2D eigenvalue weighted by atomic mass is 35.5. The predicted molar refractivity (Wildman–Crippen MR) is 118 cm³/mol. The number of halogens is 1. The molecule has 0 saturated carbocycles. The SMILES string of the molecule is Cc1ccc2c(Nc3cc(Cl)ccc3C)c(C(=O)N3CCCC(C)C3)cnc2n1. The summed E-state index contributed by atoms with van der Waals surface area (Å²) in [5.74, 6) is 0.519. The lowest BCUT2D eigenvalue weighted by molar-refractivity contribution is 0.0684. The molecule has 2 aromatic heterocycles. The Morgan fingerprint density at radius 3 is 2.86 bits per heavy atom. The Labute approximate surface area is 176 Å². The Bertz CT molecular complexity index is 1080. The number of rotatable bonds is 3. The number of aromatic nitrogens is 2. The Hall–Kier alpha value is -2.66. The Kier molecular flexibility index (Phi) is 5.41. The molecule has 5 nitrogen and oxygen atoms in total. The van der Waals surface area contributed by atoms with Gasteiger partial charge < -0.3 is 10.2 Å². The second kappa shape index (κ2) is 7.99. The van der Waals surface area contributed by atoms with E-state index in [-0.39, 0.29) is 5.91 Å². The van der Waals surface area contributed by atoms with E-state index in [1.807, 2.05) is 49.1 Å². The van der Waals surface area contributed by atoms with E-state index in [0.717, 1.165) is 53.9 Å². The van der Waals surface area contributed by atoms with Gasteiger partial charge in [-0.2, -0.15) is 0 Å². The fraction of sp³-hybridized carbons (Fsp3) is 0.348. The molecular weight excluding hydrogens is 384 g/mol. The second-order valence-electron chi connectivity index (χ2n) is 7.95.